The zero-order valence-electron chi connectivity index (χ0n) is 11.0. The Bertz CT molecular complexity index is 645. The molecule has 6 heteroatoms. The van der Waals surface area contributed by atoms with Crippen molar-refractivity contribution in [3.05, 3.63) is 52.1 Å². The molecule has 0 spiro atoms. The maximum absolute atomic E-state index is 11.3. The van der Waals surface area contributed by atoms with Crippen molar-refractivity contribution in [1.82, 2.24) is 4.98 Å². The Kier molecular flexibility index (Phi) is 4.24. The third-order valence-electron chi connectivity index (χ3n) is 2.89. The summed E-state index contributed by atoms with van der Waals surface area (Å²) in [4.78, 5) is 17.4. The van der Waals surface area contributed by atoms with Crippen LogP contribution in [0.15, 0.2) is 41.0 Å². The minimum atomic E-state index is -0.554. The van der Waals surface area contributed by atoms with Crippen LogP contribution in [-0.2, 0) is 6.54 Å². The summed E-state index contributed by atoms with van der Waals surface area (Å²) in [5, 5.41) is 0. The zero-order chi connectivity index (χ0) is 14.7. The molecule has 1 aromatic carbocycles. The van der Waals surface area contributed by atoms with E-state index in [4.69, 9.17) is 11.5 Å². The van der Waals surface area contributed by atoms with E-state index >= 15 is 0 Å². The third-order valence-corrected chi connectivity index (χ3v) is 3.38. The van der Waals surface area contributed by atoms with Crippen molar-refractivity contribution in [2.24, 2.45) is 5.73 Å². The number of aromatic nitrogens is 1. The molecule has 1 heterocycles. The molecule has 0 aliphatic heterocycles. The van der Waals surface area contributed by atoms with Crippen molar-refractivity contribution < 1.29 is 4.79 Å². The molecule has 0 atom stereocenters. The van der Waals surface area contributed by atoms with Crippen molar-refractivity contribution in [2.75, 3.05) is 17.7 Å². The molecular formula is C14H15BrN4O. The predicted octanol–water partition coefficient (Wildman–Crippen LogP) is 2.16. The van der Waals surface area contributed by atoms with Gasteiger partial charge in [0.15, 0.2) is 0 Å². The number of carbonyl (C=O) groups excluding carboxylic acids is 1. The first kappa shape index (κ1) is 14.3. The highest BCUT2D eigenvalue weighted by Gasteiger charge is 2.11. The van der Waals surface area contributed by atoms with E-state index in [1.165, 1.54) is 6.20 Å². The quantitative estimate of drug-likeness (QED) is 0.897. The lowest BCUT2D eigenvalue weighted by atomic mass is 10.2. The molecule has 0 saturated heterocycles. The maximum atomic E-state index is 11.3. The lowest BCUT2D eigenvalue weighted by Crippen LogP contribution is -2.20. The van der Waals surface area contributed by atoms with Gasteiger partial charge in [0.05, 0.1) is 17.4 Å². The Morgan fingerprint density at radius 2 is 2.15 bits per heavy atom. The van der Waals surface area contributed by atoms with Crippen LogP contribution in [0.1, 0.15) is 15.9 Å². The number of hydrogen-bond donors (Lipinski definition) is 2. The van der Waals surface area contributed by atoms with Gasteiger partial charge in [-0.1, -0.05) is 28.1 Å². The number of nitrogens with two attached hydrogens (primary N) is 2. The van der Waals surface area contributed by atoms with E-state index in [1.807, 2.05) is 36.2 Å². The van der Waals surface area contributed by atoms with Gasteiger partial charge >= 0.3 is 0 Å². The molecule has 1 aromatic heterocycles. The van der Waals surface area contributed by atoms with Gasteiger partial charge in [-0.05, 0) is 23.8 Å². The average molecular weight is 335 g/mol. The fourth-order valence-corrected chi connectivity index (χ4v) is 2.31. The maximum Gasteiger partial charge on any atom is 0.250 e. The number of halogens is 1. The van der Waals surface area contributed by atoms with Gasteiger partial charge in [0, 0.05) is 18.1 Å². The summed E-state index contributed by atoms with van der Waals surface area (Å²) < 4.78 is 1.02. The highest BCUT2D eigenvalue weighted by Crippen LogP contribution is 2.19. The molecule has 0 aliphatic carbocycles. The van der Waals surface area contributed by atoms with E-state index in [-0.39, 0.29) is 11.3 Å². The summed E-state index contributed by atoms with van der Waals surface area (Å²) in [6.45, 7) is 0.661. The van der Waals surface area contributed by atoms with Gasteiger partial charge in [0.1, 0.15) is 5.82 Å². The van der Waals surface area contributed by atoms with Crippen LogP contribution in [-0.4, -0.2) is 17.9 Å². The lowest BCUT2D eigenvalue weighted by Gasteiger charge is -2.19. The fraction of sp³-hybridized carbons (Fsp3) is 0.143. The van der Waals surface area contributed by atoms with E-state index in [0.29, 0.717) is 12.4 Å². The second kappa shape index (κ2) is 5.92. The molecule has 0 aliphatic rings. The number of amides is 1. The Labute approximate surface area is 125 Å². The van der Waals surface area contributed by atoms with Crippen LogP contribution >= 0.6 is 15.9 Å². The number of anilines is 2. The standard InChI is InChI=1S/C14H15BrN4O/c1-19(8-9-3-2-4-10(15)5-9)13-6-11(14(17)20)12(16)7-18-13/h2-7H,8,16H2,1H3,(H2,17,20). The first-order chi connectivity index (χ1) is 9.47. The first-order valence-corrected chi connectivity index (χ1v) is 6.77. The molecular weight excluding hydrogens is 320 g/mol. The van der Waals surface area contributed by atoms with Crippen molar-refractivity contribution in [1.29, 1.82) is 0 Å². The Balaban J connectivity index is 2.23. The van der Waals surface area contributed by atoms with Crippen molar-refractivity contribution >= 4 is 33.3 Å². The van der Waals surface area contributed by atoms with E-state index in [1.54, 1.807) is 6.07 Å². The van der Waals surface area contributed by atoms with Gasteiger partial charge in [0.2, 0.25) is 0 Å². The SMILES string of the molecule is CN(Cc1cccc(Br)c1)c1cc(C(N)=O)c(N)cn1. The lowest BCUT2D eigenvalue weighted by molar-refractivity contribution is 0.100. The Morgan fingerprint density at radius 3 is 2.80 bits per heavy atom. The van der Waals surface area contributed by atoms with Crippen LogP contribution in [0, 0.1) is 0 Å². The normalized spacial score (nSPS) is 10.3. The van der Waals surface area contributed by atoms with Crippen LogP contribution < -0.4 is 16.4 Å². The van der Waals surface area contributed by atoms with Gasteiger partial charge in [-0.15, -0.1) is 0 Å². The van der Waals surface area contributed by atoms with Gasteiger partial charge < -0.3 is 16.4 Å². The summed E-state index contributed by atoms with van der Waals surface area (Å²) in [6.07, 6.45) is 1.45. The number of nitrogens with zero attached hydrogens (tertiary/aromatic N) is 2. The van der Waals surface area contributed by atoms with Gasteiger partial charge in [-0.25, -0.2) is 4.98 Å². The van der Waals surface area contributed by atoms with Crippen LogP contribution in [0.3, 0.4) is 0 Å². The van der Waals surface area contributed by atoms with E-state index in [9.17, 15) is 4.79 Å². The molecule has 0 unspecified atom stereocenters. The summed E-state index contributed by atoms with van der Waals surface area (Å²) in [5.41, 5.74) is 12.7. The number of hydrogen-bond acceptors (Lipinski definition) is 4. The third kappa shape index (κ3) is 3.27. The number of rotatable bonds is 4. The highest BCUT2D eigenvalue weighted by molar-refractivity contribution is 9.10. The Hall–Kier alpha value is -2.08. The summed E-state index contributed by atoms with van der Waals surface area (Å²) in [6, 6.07) is 9.60. The topological polar surface area (TPSA) is 85.2 Å². The van der Waals surface area contributed by atoms with E-state index in [2.05, 4.69) is 20.9 Å². The minimum absolute atomic E-state index is 0.288. The van der Waals surface area contributed by atoms with Gasteiger partial charge in [-0.3, -0.25) is 4.79 Å². The summed E-state index contributed by atoms with van der Waals surface area (Å²) >= 11 is 3.44. The molecule has 0 bridgehead atoms. The van der Waals surface area contributed by atoms with E-state index in [0.717, 1.165) is 10.0 Å². The fourth-order valence-electron chi connectivity index (χ4n) is 1.87. The number of pyridine rings is 1. The predicted molar refractivity (Wildman–Crippen MR) is 83.4 cm³/mol. The largest absolute Gasteiger partial charge is 0.397 e. The van der Waals surface area contributed by atoms with Crippen LogP contribution in [0.4, 0.5) is 11.5 Å². The monoisotopic (exact) mass is 334 g/mol. The molecule has 20 heavy (non-hydrogen) atoms. The molecule has 104 valence electrons. The summed E-state index contributed by atoms with van der Waals surface area (Å²) in [7, 11) is 1.89. The number of benzene rings is 1. The van der Waals surface area contributed by atoms with Crippen LogP contribution in [0.25, 0.3) is 0 Å². The number of primary amides is 1. The average Bonchev–Trinajstić information content (AvgIpc) is 2.38. The highest BCUT2D eigenvalue weighted by atomic mass is 79.9. The molecule has 0 saturated carbocycles. The molecule has 0 radical (unpaired) electrons. The molecule has 2 rings (SSSR count). The summed E-state index contributed by atoms with van der Waals surface area (Å²) in [5.74, 6) is 0.0926. The number of carbonyl (C=O) groups is 1. The second-order valence-corrected chi connectivity index (χ2v) is 5.40. The minimum Gasteiger partial charge on any atom is -0.397 e. The van der Waals surface area contributed by atoms with Gasteiger partial charge in [-0.2, -0.15) is 0 Å². The van der Waals surface area contributed by atoms with E-state index < -0.39 is 5.91 Å². The van der Waals surface area contributed by atoms with Crippen LogP contribution in [0.5, 0.6) is 0 Å². The van der Waals surface area contributed by atoms with Crippen molar-refractivity contribution in [3.63, 3.8) is 0 Å². The van der Waals surface area contributed by atoms with Crippen LogP contribution in [0.2, 0.25) is 0 Å². The molecule has 5 nitrogen and oxygen atoms in total. The Morgan fingerprint density at radius 1 is 1.40 bits per heavy atom. The van der Waals surface area contributed by atoms with Gasteiger partial charge in [0.25, 0.3) is 5.91 Å². The van der Waals surface area contributed by atoms with Crippen molar-refractivity contribution in [3.8, 4) is 0 Å². The second-order valence-electron chi connectivity index (χ2n) is 4.48. The zero-order valence-corrected chi connectivity index (χ0v) is 12.6. The first-order valence-electron chi connectivity index (χ1n) is 5.98. The van der Waals surface area contributed by atoms with Crippen molar-refractivity contribution in [2.45, 2.75) is 6.54 Å². The molecule has 0 fully saturated rings. The number of nitrogen functional groups attached to an aromatic ring is 1. The molecule has 1 amide bonds. The molecule has 4 N–H and O–H groups in total. The smallest absolute Gasteiger partial charge is 0.250 e. The molecule has 2 aromatic rings.